The first-order valence-electron chi connectivity index (χ1n) is 7.43. The molecule has 0 spiro atoms. The van der Waals surface area contributed by atoms with Crippen molar-refractivity contribution in [2.24, 2.45) is 0 Å². The second-order valence-corrected chi connectivity index (χ2v) is 6.87. The van der Waals surface area contributed by atoms with Crippen LogP contribution in [0.1, 0.15) is 47.7 Å². The van der Waals surface area contributed by atoms with E-state index in [1.54, 1.807) is 11.3 Å². The van der Waals surface area contributed by atoms with Gasteiger partial charge in [-0.15, -0.1) is 11.3 Å². The number of carbonyl (C=O) groups excluding carboxylic acids is 1. The van der Waals surface area contributed by atoms with Gasteiger partial charge in [0, 0.05) is 30.3 Å². The number of hydrogen-bond donors (Lipinski definition) is 0. The van der Waals surface area contributed by atoms with Gasteiger partial charge in [0.2, 0.25) is 11.8 Å². The van der Waals surface area contributed by atoms with Crippen LogP contribution in [0.5, 0.6) is 0 Å². The average Bonchev–Trinajstić information content (AvgIpc) is 2.94. The lowest BCUT2D eigenvalue weighted by Crippen LogP contribution is -2.27. The van der Waals surface area contributed by atoms with Crippen LogP contribution in [-0.4, -0.2) is 34.0 Å². The molecule has 0 bridgehead atoms. The highest BCUT2D eigenvalue weighted by Crippen LogP contribution is 2.39. The number of thiophene rings is 1. The fraction of sp³-hybridized carbons (Fsp3) is 0.533. The first-order chi connectivity index (χ1) is 10.3. The third-order valence-corrected chi connectivity index (χ3v) is 5.11. The van der Waals surface area contributed by atoms with Gasteiger partial charge in [-0.05, 0) is 30.7 Å². The average molecular weight is 303 g/mol. The van der Waals surface area contributed by atoms with E-state index in [2.05, 4.69) is 21.6 Å². The van der Waals surface area contributed by atoms with Gasteiger partial charge >= 0.3 is 0 Å². The van der Waals surface area contributed by atoms with Gasteiger partial charge in [-0.1, -0.05) is 11.2 Å². The number of aromatic nitrogens is 2. The lowest BCUT2D eigenvalue weighted by Gasteiger charge is -2.15. The molecule has 2 fully saturated rings. The van der Waals surface area contributed by atoms with E-state index in [9.17, 15) is 4.79 Å². The van der Waals surface area contributed by atoms with Crippen molar-refractivity contribution >= 4 is 17.2 Å². The summed E-state index contributed by atoms with van der Waals surface area (Å²) in [7, 11) is 0. The van der Waals surface area contributed by atoms with Crippen molar-refractivity contribution in [2.45, 2.75) is 37.5 Å². The largest absolute Gasteiger partial charge is 0.342 e. The smallest absolute Gasteiger partial charge is 0.232 e. The van der Waals surface area contributed by atoms with Crippen molar-refractivity contribution in [2.75, 3.05) is 13.1 Å². The maximum absolute atomic E-state index is 12.1. The molecule has 6 heteroatoms. The molecule has 21 heavy (non-hydrogen) atoms. The fourth-order valence-electron chi connectivity index (χ4n) is 2.77. The highest BCUT2D eigenvalue weighted by molar-refractivity contribution is 7.09. The van der Waals surface area contributed by atoms with Crippen LogP contribution in [0.3, 0.4) is 0 Å². The minimum atomic E-state index is 0.0702. The van der Waals surface area contributed by atoms with Gasteiger partial charge < -0.3 is 9.42 Å². The lowest BCUT2D eigenvalue weighted by atomic mass is 10.1. The summed E-state index contributed by atoms with van der Waals surface area (Å²) >= 11 is 1.74. The third kappa shape index (κ3) is 2.72. The van der Waals surface area contributed by atoms with Gasteiger partial charge in [0.05, 0.1) is 5.92 Å². The van der Waals surface area contributed by atoms with Crippen molar-refractivity contribution in [3.63, 3.8) is 0 Å². The van der Waals surface area contributed by atoms with E-state index in [1.807, 2.05) is 11.0 Å². The van der Waals surface area contributed by atoms with Crippen molar-refractivity contribution in [3.8, 4) is 0 Å². The van der Waals surface area contributed by atoms with Gasteiger partial charge in [-0.25, -0.2) is 0 Å². The molecule has 0 aromatic carbocycles. The van der Waals surface area contributed by atoms with E-state index in [1.165, 1.54) is 4.88 Å². The number of hydrogen-bond acceptors (Lipinski definition) is 5. The van der Waals surface area contributed by atoms with Crippen molar-refractivity contribution in [1.82, 2.24) is 15.0 Å². The zero-order valence-corrected chi connectivity index (χ0v) is 12.5. The molecule has 0 unspecified atom stereocenters. The Kier molecular flexibility index (Phi) is 3.25. The van der Waals surface area contributed by atoms with Crippen LogP contribution < -0.4 is 0 Å². The Labute approximate surface area is 127 Å². The monoisotopic (exact) mass is 303 g/mol. The summed E-state index contributed by atoms with van der Waals surface area (Å²) in [4.78, 5) is 19.8. The Balaban J connectivity index is 1.38. The Morgan fingerprint density at radius 2 is 2.29 bits per heavy atom. The Bertz CT molecular complexity index is 633. The second-order valence-electron chi connectivity index (χ2n) is 5.84. The zero-order chi connectivity index (χ0) is 14.2. The lowest BCUT2D eigenvalue weighted by molar-refractivity contribution is -0.127. The molecule has 0 N–H and O–H groups in total. The molecule has 1 atom stereocenters. The number of nitrogens with zero attached hydrogens (tertiary/aromatic N) is 3. The van der Waals surface area contributed by atoms with E-state index in [0.29, 0.717) is 24.8 Å². The predicted octanol–water partition coefficient (Wildman–Crippen LogP) is 2.57. The summed E-state index contributed by atoms with van der Waals surface area (Å²) in [6.45, 7) is 1.48. The fourth-order valence-corrected chi connectivity index (χ4v) is 3.47. The highest BCUT2D eigenvalue weighted by atomic mass is 32.1. The van der Waals surface area contributed by atoms with Gasteiger partial charge in [-0.2, -0.15) is 4.98 Å². The van der Waals surface area contributed by atoms with Crippen LogP contribution in [0.15, 0.2) is 22.0 Å². The standard InChI is InChI=1S/C15H17N3O2S/c19-13-8-11(15-16-14(17-20-15)10-3-4-10)9-18(13)6-5-12-2-1-7-21-12/h1-2,7,10-11H,3-6,8-9H2/t11-/m0/s1. The molecule has 0 radical (unpaired) electrons. The van der Waals surface area contributed by atoms with Crippen LogP contribution >= 0.6 is 11.3 Å². The molecule has 2 aliphatic rings. The second kappa shape index (κ2) is 5.26. The first-order valence-corrected chi connectivity index (χ1v) is 8.31. The molecule has 1 saturated carbocycles. The maximum atomic E-state index is 12.1. The molecular formula is C15H17N3O2S. The summed E-state index contributed by atoms with van der Waals surface area (Å²) in [6, 6.07) is 4.16. The Hall–Kier alpha value is -1.69. The summed E-state index contributed by atoms with van der Waals surface area (Å²) < 4.78 is 5.36. The van der Waals surface area contributed by atoms with E-state index in [0.717, 1.165) is 31.6 Å². The number of carbonyl (C=O) groups is 1. The summed E-state index contributed by atoms with van der Waals surface area (Å²) in [6.07, 6.45) is 3.75. The molecule has 110 valence electrons. The normalized spacial score (nSPS) is 22.2. The summed E-state index contributed by atoms with van der Waals surface area (Å²) in [5, 5.41) is 6.12. The highest BCUT2D eigenvalue weighted by Gasteiger charge is 2.36. The topological polar surface area (TPSA) is 59.2 Å². The minimum absolute atomic E-state index is 0.0702. The Morgan fingerprint density at radius 3 is 3.05 bits per heavy atom. The van der Waals surface area contributed by atoms with Gasteiger partial charge in [-0.3, -0.25) is 4.79 Å². The first kappa shape index (κ1) is 13.0. The van der Waals surface area contributed by atoms with Crippen LogP contribution in [0.25, 0.3) is 0 Å². The molecule has 3 heterocycles. The quantitative estimate of drug-likeness (QED) is 0.852. The van der Waals surface area contributed by atoms with E-state index in [4.69, 9.17) is 4.52 Å². The molecule has 2 aromatic heterocycles. The molecular weight excluding hydrogens is 286 g/mol. The minimum Gasteiger partial charge on any atom is -0.342 e. The maximum Gasteiger partial charge on any atom is 0.232 e. The third-order valence-electron chi connectivity index (χ3n) is 4.17. The van der Waals surface area contributed by atoms with Gasteiger partial charge in [0.25, 0.3) is 0 Å². The van der Waals surface area contributed by atoms with E-state index >= 15 is 0 Å². The van der Waals surface area contributed by atoms with Crippen molar-refractivity contribution in [1.29, 1.82) is 0 Å². The molecule has 1 amide bonds. The Morgan fingerprint density at radius 1 is 1.38 bits per heavy atom. The molecule has 5 nitrogen and oxygen atoms in total. The molecule has 4 rings (SSSR count). The van der Waals surface area contributed by atoms with Crippen molar-refractivity contribution < 1.29 is 9.32 Å². The molecule has 1 aliphatic heterocycles. The predicted molar refractivity (Wildman–Crippen MR) is 78.2 cm³/mol. The van der Waals surface area contributed by atoms with Crippen LogP contribution in [0.4, 0.5) is 0 Å². The zero-order valence-electron chi connectivity index (χ0n) is 11.7. The summed E-state index contributed by atoms with van der Waals surface area (Å²) in [5.41, 5.74) is 0. The molecule has 2 aromatic rings. The number of rotatable bonds is 5. The van der Waals surface area contributed by atoms with E-state index in [-0.39, 0.29) is 11.8 Å². The summed E-state index contributed by atoms with van der Waals surface area (Å²) in [5.74, 6) is 2.23. The van der Waals surface area contributed by atoms with Gasteiger partial charge in [0.1, 0.15) is 0 Å². The van der Waals surface area contributed by atoms with E-state index < -0.39 is 0 Å². The molecule has 1 aliphatic carbocycles. The van der Waals surface area contributed by atoms with Crippen LogP contribution in [0.2, 0.25) is 0 Å². The molecule has 1 saturated heterocycles. The SMILES string of the molecule is O=C1C[C@H](c2nc(C3CC3)no2)CN1CCc1cccs1. The number of amides is 1. The number of likely N-dealkylation sites (tertiary alicyclic amines) is 1. The van der Waals surface area contributed by atoms with Gasteiger partial charge in [0.15, 0.2) is 5.82 Å². The van der Waals surface area contributed by atoms with Crippen molar-refractivity contribution in [3.05, 3.63) is 34.1 Å². The van der Waals surface area contributed by atoms with Crippen LogP contribution in [0, 0.1) is 0 Å². The van der Waals surface area contributed by atoms with Crippen LogP contribution in [-0.2, 0) is 11.2 Å².